The summed E-state index contributed by atoms with van der Waals surface area (Å²) in [6.45, 7) is 3.13. The fourth-order valence-electron chi connectivity index (χ4n) is 2.27. The van der Waals surface area contributed by atoms with Gasteiger partial charge in [-0.15, -0.1) is 11.8 Å². The molecule has 0 spiro atoms. The van der Waals surface area contributed by atoms with Crippen molar-refractivity contribution in [3.63, 3.8) is 0 Å². The van der Waals surface area contributed by atoms with Gasteiger partial charge in [-0.25, -0.2) is 0 Å². The lowest BCUT2D eigenvalue weighted by Gasteiger charge is -2.19. The molecule has 0 aliphatic rings. The maximum atomic E-state index is 3.64. The zero-order valence-electron chi connectivity index (χ0n) is 11.9. The van der Waals surface area contributed by atoms with E-state index in [9.17, 15) is 0 Å². The maximum Gasteiger partial charge on any atom is 0.0361 e. The van der Waals surface area contributed by atoms with E-state index >= 15 is 0 Å². The summed E-state index contributed by atoms with van der Waals surface area (Å²) in [4.78, 5) is 1.31. The normalized spacial score (nSPS) is 12.3. The Bertz CT molecular complexity index is 539. The summed E-state index contributed by atoms with van der Waals surface area (Å²) in [6, 6.07) is 17.7. The largest absolute Gasteiger partial charge is 0.310 e. The number of rotatable bonds is 6. The summed E-state index contributed by atoms with van der Waals surface area (Å²) in [6.07, 6.45) is 3.10. The Morgan fingerprint density at radius 2 is 1.80 bits per heavy atom. The van der Waals surface area contributed by atoms with Crippen LogP contribution in [0.5, 0.6) is 0 Å². The quantitative estimate of drug-likeness (QED) is 0.731. The molecule has 0 aliphatic carbocycles. The number of hydrogen-bond acceptors (Lipinski definition) is 2. The minimum absolute atomic E-state index is 0.356. The highest BCUT2D eigenvalue weighted by atomic mass is 79.9. The van der Waals surface area contributed by atoms with Gasteiger partial charge in [-0.1, -0.05) is 53.2 Å². The molecule has 0 fully saturated rings. The molecule has 1 unspecified atom stereocenters. The molecule has 2 rings (SSSR count). The molecule has 1 atom stereocenters. The van der Waals surface area contributed by atoms with Crippen molar-refractivity contribution < 1.29 is 0 Å². The van der Waals surface area contributed by atoms with E-state index in [-0.39, 0.29) is 0 Å². The van der Waals surface area contributed by atoms with E-state index in [2.05, 4.69) is 83.0 Å². The molecule has 20 heavy (non-hydrogen) atoms. The number of benzene rings is 2. The van der Waals surface area contributed by atoms with Crippen molar-refractivity contribution in [2.75, 3.05) is 12.8 Å². The molecular weight excluding hydrogens is 330 g/mol. The van der Waals surface area contributed by atoms with Crippen LogP contribution in [0.1, 0.15) is 24.1 Å². The second-order valence-corrected chi connectivity index (χ2v) is 6.41. The summed E-state index contributed by atoms with van der Waals surface area (Å²) in [5, 5.41) is 3.58. The van der Waals surface area contributed by atoms with Gasteiger partial charge in [-0.05, 0) is 48.5 Å². The van der Waals surface area contributed by atoms with Crippen molar-refractivity contribution in [2.45, 2.75) is 24.3 Å². The van der Waals surface area contributed by atoms with Crippen molar-refractivity contribution >= 4 is 27.7 Å². The van der Waals surface area contributed by atoms with Gasteiger partial charge in [0.25, 0.3) is 0 Å². The van der Waals surface area contributed by atoms with Crippen LogP contribution in [-0.4, -0.2) is 12.8 Å². The Morgan fingerprint density at radius 1 is 1.10 bits per heavy atom. The Labute approximate surface area is 134 Å². The molecule has 106 valence electrons. The van der Waals surface area contributed by atoms with E-state index < -0.39 is 0 Å². The van der Waals surface area contributed by atoms with E-state index in [0.29, 0.717) is 6.04 Å². The first-order chi connectivity index (χ1) is 9.74. The average molecular weight is 350 g/mol. The minimum atomic E-state index is 0.356. The van der Waals surface area contributed by atoms with Gasteiger partial charge in [-0.2, -0.15) is 0 Å². The lowest BCUT2D eigenvalue weighted by molar-refractivity contribution is 0.549. The predicted molar refractivity (Wildman–Crippen MR) is 92.5 cm³/mol. The van der Waals surface area contributed by atoms with Gasteiger partial charge in [0, 0.05) is 15.4 Å². The van der Waals surface area contributed by atoms with Crippen molar-refractivity contribution in [3.05, 3.63) is 64.1 Å². The third-order valence-corrected chi connectivity index (χ3v) is 4.87. The van der Waals surface area contributed by atoms with Crippen molar-refractivity contribution in [3.8, 4) is 0 Å². The van der Waals surface area contributed by atoms with Gasteiger partial charge in [0.2, 0.25) is 0 Å². The highest BCUT2D eigenvalue weighted by Crippen LogP contribution is 2.25. The van der Waals surface area contributed by atoms with Gasteiger partial charge >= 0.3 is 0 Å². The SMILES string of the molecule is CCNC(Cc1ccccc1Br)c1ccc(SC)cc1. The van der Waals surface area contributed by atoms with Crippen LogP contribution in [0.3, 0.4) is 0 Å². The number of halogens is 1. The number of nitrogens with one attached hydrogen (secondary N) is 1. The zero-order valence-corrected chi connectivity index (χ0v) is 14.3. The second kappa shape index (κ2) is 7.87. The molecule has 1 nitrogen and oxygen atoms in total. The van der Waals surface area contributed by atoms with Crippen LogP contribution in [0, 0.1) is 0 Å². The first-order valence-corrected chi connectivity index (χ1v) is 8.87. The van der Waals surface area contributed by atoms with Crippen LogP contribution >= 0.6 is 27.7 Å². The molecule has 0 saturated carbocycles. The topological polar surface area (TPSA) is 12.0 Å². The minimum Gasteiger partial charge on any atom is -0.310 e. The molecule has 0 heterocycles. The monoisotopic (exact) mass is 349 g/mol. The van der Waals surface area contributed by atoms with Crippen molar-refractivity contribution in [1.29, 1.82) is 0 Å². The number of thioether (sulfide) groups is 1. The van der Waals surface area contributed by atoms with Gasteiger partial charge in [0.15, 0.2) is 0 Å². The van der Waals surface area contributed by atoms with E-state index in [1.54, 1.807) is 11.8 Å². The Kier molecular flexibility index (Phi) is 6.14. The molecule has 2 aromatic rings. The number of hydrogen-bond donors (Lipinski definition) is 1. The van der Waals surface area contributed by atoms with Gasteiger partial charge < -0.3 is 5.32 Å². The third-order valence-electron chi connectivity index (χ3n) is 3.35. The molecule has 0 saturated heterocycles. The van der Waals surface area contributed by atoms with Crippen LogP contribution in [0.25, 0.3) is 0 Å². The zero-order chi connectivity index (χ0) is 14.4. The summed E-state index contributed by atoms with van der Waals surface area (Å²) in [5.41, 5.74) is 2.69. The third kappa shape index (κ3) is 4.11. The lowest BCUT2D eigenvalue weighted by atomic mass is 9.99. The van der Waals surface area contributed by atoms with E-state index in [1.165, 1.54) is 20.5 Å². The van der Waals surface area contributed by atoms with Crippen molar-refractivity contribution in [1.82, 2.24) is 5.32 Å². The van der Waals surface area contributed by atoms with Gasteiger partial charge in [0.05, 0.1) is 0 Å². The fourth-order valence-corrected chi connectivity index (χ4v) is 3.13. The standard InChI is InChI=1S/C17H20BrNS/c1-3-19-17(12-14-6-4-5-7-16(14)18)13-8-10-15(20-2)11-9-13/h4-11,17,19H,3,12H2,1-2H3. The van der Waals surface area contributed by atoms with E-state index in [4.69, 9.17) is 0 Å². The summed E-state index contributed by atoms with van der Waals surface area (Å²) in [5.74, 6) is 0. The fraction of sp³-hybridized carbons (Fsp3) is 0.294. The Hall–Kier alpha value is -0.770. The average Bonchev–Trinajstić information content (AvgIpc) is 2.49. The highest BCUT2D eigenvalue weighted by molar-refractivity contribution is 9.10. The van der Waals surface area contributed by atoms with Crippen LogP contribution in [-0.2, 0) is 6.42 Å². The lowest BCUT2D eigenvalue weighted by Crippen LogP contribution is -2.23. The summed E-state index contributed by atoms with van der Waals surface area (Å²) >= 11 is 5.42. The summed E-state index contributed by atoms with van der Waals surface area (Å²) < 4.78 is 1.18. The molecule has 0 aliphatic heterocycles. The Balaban J connectivity index is 2.19. The van der Waals surface area contributed by atoms with E-state index in [1.807, 2.05) is 0 Å². The molecular formula is C17H20BrNS. The van der Waals surface area contributed by atoms with Crippen LogP contribution < -0.4 is 5.32 Å². The predicted octanol–water partition coefficient (Wildman–Crippen LogP) is 5.06. The second-order valence-electron chi connectivity index (χ2n) is 4.68. The highest BCUT2D eigenvalue weighted by Gasteiger charge is 2.12. The molecule has 3 heteroatoms. The van der Waals surface area contributed by atoms with Crippen LogP contribution in [0.4, 0.5) is 0 Å². The molecule has 2 aromatic carbocycles. The van der Waals surface area contributed by atoms with Crippen LogP contribution in [0.15, 0.2) is 57.9 Å². The van der Waals surface area contributed by atoms with Gasteiger partial charge in [-0.3, -0.25) is 0 Å². The smallest absolute Gasteiger partial charge is 0.0361 e. The van der Waals surface area contributed by atoms with Gasteiger partial charge in [0.1, 0.15) is 0 Å². The molecule has 0 radical (unpaired) electrons. The first-order valence-electron chi connectivity index (χ1n) is 6.85. The molecule has 1 N–H and O–H groups in total. The molecule has 0 amide bonds. The van der Waals surface area contributed by atoms with E-state index in [0.717, 1.165) is 13.0 Å². The maximum absolute atomic E-state index is 3.64. The Morgan fingerprint density at radius 3 is 2.40 bits per heavy atom. The van der Waals surface area contributed by atoms with Crippen molar-refractivity contribution in [2.24, 2.45) is 0 Å². The number of likely N-dealkylation sites (N-methyl/N-ethyl adjacent to an activating group) is 1. The first kappa shape index (κ1) is 15.6. The summed E-state index contributed by atoms with van der Waals surface area (Å²) in [7, 11) is 0. The van der Waals surface area contributed by atoms with Crippen LogP contribution in [0.2, 0.25) is 0 Å². The molecule has 0 bridgehead atoms. The molecule has 0 aromatic heterocycles.